The maximum absolute atomic E-state index is 12.2. The molecule has 0 saturated carbocycles. The summed E-state index contributed by atoms with van der Waals surface area (Å²) in [6.45, 7) is 5.08. The van der Waals surface area contributed by atoms with E-state index in [-0.39, 0.29) is 18.1 Å². The lowest BCUT2D eigenvalue weighted by Gasteiger charge is -2.29. The molecule has 0 radical (unpaired) electrons. The van der Waals surface area contributed by atoms with E-state index in [4.69, 9.17) is 0 Å². The number of nitro groups is 1. The van der Waals surface area contributed by atoms with Crippen molar-refractivity contribution < 1.29 is 9.72 Å². The fraction of sp³-hybridized carbons (Fsp3) is 0.500. The summed E-state index contributed by atoms with van der Waals surface area (Å²) in [6.07, 6.45) is 0. The zero-order valence-electron chi connectivity index (χ0n) is 12.3. The van der Waals surface area contributed by atoms with Crippen LogP contribution < -0.4 is 10.2 Å². The van der Waals surface area contributed by atoms with Gasteiger partial charge in [-0.2, -0.15) is 0 Å². The molecule has 0 spiro atoms. The number of aryl methyl sites for hydroxylation is 1. The van der Waals surface area contributed by atoms with Gasteiger partial charge in [-0.05, 0) is 19.1 Å². The van der Waals surface area contributed by atoms with Crippen LogP contribution in [0.25, 0.3) is 0 Å². The Kier molecular flexibility index (Phi) is 4.74. The maximum atomic E-state index is 12.2. The third kappa shape index (κ3) is 3.69. The largest absolute Gasteiger partial charge is 0.365 e. The van der Waals surface area contributed by atoms with E-state index in [0.717, 1.165) is 31.9 Å². The monoisotopic (exact) mass is 292 g/mol. The lowest BCUT2D eigenvalue weighted by molar-refractivity contribution is -0.385. The molecule has 2 rings (SSSR count). The number of nitro benzene ring substituents is 1. The van der Waals surface area contributed by atoms with Crippen molar-refractivity contribution in [3.8, 4) is 0 Å². The highest BCUT2D eigenvalue weighted by atomic mass is 16.6. The van der Waals surface area contributed by atoms with Crippen molar-refractivity contribution >= 4 is 17.3 Å². The summed E-state index contributed by atoms with van der Waals surface area (Å²) < 4.78 is 0. The first-order chi connectivity index (χ1) is 9.99. The Morgan fingerprint density at radius 3 is 2.67 bits per heavy atom. The average molecular weight is 292 g/mol. The van der Waals surface area contributed by atoms with Crippen LogP contribution in [0.2, 0.25) is 0 Å². The summed E-state index contributed by atoms with van der Waals surface area (Å²) in [5, 5.41) is 14.0. The number of hydrogen-bond acceptors (Lipinski definition) is 5. The second-order valence-corrected chi connectivity index (χ2v) is 5.21. The quantitative estimate of drug-likeness (QED) is 0.655. The second kappa shape index (κ2) is 6.53. The van der Waals surface area contributed by atoms with Gasteiger partial charge in [0, 0.05) is 50.5 Å². The number of hydrogen-bond donors (Lipinski definition) is 1. The topological polar surface area (TPSA) is 78.7 Å². The Labute approximate surface area is 123 Å². The minimum atomic E-state index is -0.398. The number of nitrogens with one attached hydrogen (secondary N) is 1. The molecule has 1 aromatic rings. The SMILES string of the molecule is Cc1cc(N(C)CC(=O)N2CCNCC2)ccc1[N+](=O)[O-]. The Bertz CT molecular complexity index is 541. The number of benzene rings is 1. The van der Waals surface area contributed by atoms with E-state index in [0.29, 0.717) is 5.56 Å². The molecule has 21 heavy (non-hydrogen) atoms. The van der Waals surface area contributed by atoms with Crippen molar-refractivity contribution in [2.75, 3.05) is 44.7 Å². The molecule has 1 saturated heterocycles. The van der Waals surface area contributed by atoms with E-state index < -0.39 is 4.92 Å². The van der Waals surface area contributed by atoms with Crippen LogP contribution >= 0.6 is 0 Å². The molecule has 1 aromatic carbocycles. The Morgan fingerprint density at radius 2 is 2.10 bits per heavy atom. The summed E-state index contributed by atoms with van der Waals surface area (Å²) in [7, 11) is 1.82. The number of amides is 1. The summed E-state index contributed by atoms with van der Waals surface area (Å²) >= 11 is 0. The highest BCUT2D eigenvalue weighted by molar-refractivity contribution is 5.81. The average Bonchev–Trinajstić information content (AvgIpc) is 2.47. The summed E-state index contributed by atoms with van der Waals surface area (Å²) in [5.74, 6) is 0.0787. The van der Waals surface area contributed by atoms with Crippen LogP contribution in [0.5, 0.6) is 0 Å². The van der Waals surface area contributed by atoms with Gasteiger partial charge >= 0.3 is 0 Å². The van der Waals surface area contributed by atoms with Crippen molar-refractivity contribution in [2.24, 2.45) is 0 Å². The first-order valence-corrected chi connectivity index (χ1v) is 6.93. The molecule has 7 heteroatoms. The third-order valence-corrected chi connectivity index (χ3v) is 3.66. The fourth-order valence-electron chi connectivity index (χ4n) is 2.39. The Balaban J connectivity index is 2.02. The predicted octanol–water partition coefficient (Wildman–Crippen LogP) is 0.771. The van der Waals surface area contributed by atoms with Gasteiger partial charge in [0.1, 0.15) is 0 Å². The lowest BCUT2D eigenvalue weighted by Crippen LogP contribution is -2.49. The molecule has 0 aromatic heterocycles. The number of nitrogens with zero attached hydrogens (tertiary/aromatic N) is 3. The molecular weight excluding hydrogens is 272 g/mol. The van der Waals surface area contributed by atoms with Crippen LogP contribution in [-0.4, -0.2) is 55.5 Å². The van der Waals surface area contributed by atoms with E-state index in [9.17, 15) is 14.9 Å². The zero-order valence-corrected chi connectivity index (χ0v) is 12.3. The van der Waals surface area contributed by atoms with Gasteiger partial charge < -0.3 is 15.1 Å². The number of likely N-dealkylation sites (N-methyl/N-ethyl adjacent to an activating group) is 1. The summed E-state index contributed by atoms with van der Waals surface area (Å²) in [5.41, 5.74) is 1.50. The molecule has 1 amide bonds. The number of carbonyl (C=O) groups excluding carboxylic acids is 1. The minimum absolute atomic E-state index is 0.0787. The van der Waals surface area contributed by atoms with Crippen molar-refractivity contribution in [2.45, 2.75) is 6.92 Å². The van der Waals surface area contributed by atoms with E-state index in [1.165, 1.54) is 6.07 Å². The standard InChI is InChI=1S/C14H20N4O3/c1-11-9-12(3-4-13(11)18(20)21)16(2)10-14(19)17-7-5-15-6-8-17/h3-4,9,15H,5-8,10H2,1-2H3. The number of carbonyl (C=O) groups is 1. The van der Waals surface area contributed by atoms with E-state index >= 15 is 0 Å². The minimum Gasteiger partial charge on any atom is -0.365 e. The summed E-state index contributed by atoms with van der Waals surface area (Å²) in [6, 6.07) is 4.90. The van der Waals surface area contributed by atoms with Crippen molar-refractivity contribution in [3.05, 3.63) is 33.9 Å². The lowest BCUT2D eigenvalue weighted by atomic mass is 10.1. The Morgan fingerprint density at radius 1 is 1.43 bits per heavy atom. The van der Waals surface area contributed by atoms with E-state index in [1.54, 1.807) is 19.1 Å². The first-order valence-electron chi connectivity index (χ1n) is 6.93. The maximum Gasteiger partial charge on any atom is 0.272 e. The molecule has 0 aliphatic carbocycles. The van der Waals surface area contributed by atoms with Gasteiger partial charge in [0.25, 0.3) is 5.69 Å². The number of rotatable bonds is 4. The van der Waals surface area contributed by atoms with Gasteiger partial charge in [-0.1, -0.05) is 0 Å². The molecular formula is C14H20N4O3. The fourth-order valence-corrected chi connectivity index (χ4v) is 2.39. The molecule has 1 aliphatic rings. The molecule has 0 atom stereocenters. The van der Waals surface area contributed by atoms with Gasteiger partial charge in [0.15, 0.2) is 0 Å². The third-order valence-electron chi connectivity index (χ3n) is 3.66. The summed E-state index contributed by atoms with van der Waals surface area (Å²) in [4.78, 5) is 26.3. The molecule has 1 fully saturated rings. The Hall–Kier alpha value is -2.15. The molecule has 1 aliphatic heterocycles. The van der Waals surface area contributed by atoms with E-state index in [2.05, 4.69) is 5.32 Å². The van der Waals surface area contributed by atoms with Crippen LogP contribution in [0, 0.1) is 17.0 Å². The zero-order chi connectivity index (χ0) is 15.4. The van der Waals surface area contributed by atoms with Crippen LogP contribution in [-0.2, 0) is 4.79 Å². The smallest absolute Gasteiger partial charge is 0.272 e. The van der Waals surface area contributed by atoms with Gasteiger partial charge in [-0.3, -0.25) is 14.9 Å². The van der Waals surface area contributed by atoms with Gasteiger partial charge in [-0.15, -0.1) is 0 Å². The molecule has 114 valence electrons. The molecule has 7 nitrogen and oxygen atoms in total. The van der Waals surface area contributed by atoms with Gasteiger partial charge in [0.2, 0.25) is 5.91 Å². The molecule has 0 unspecified atom stereocenters. The van der Waals surface area contributed by atoms with Crippen LogP contribution in [0.3, 0.4) is 0 Å². The predicted molar refractivity (Wildman–Crippen MR) is 80.6 cm³/mol. The molecule has 1 N–H and O–H groups in total. The van der Waals surface area contributed by atoms with Crippen LogP contribution in [0.4, 0.5) is 11.4 Å². The number of piperazine rings is 1. The first kappa shape index (κ1) is 15.2. The number of anilines is 1. The highest BCUT2D eigenvalue weighted by Gasteiger charge is 2.18. The van der Waals surface area contributed by atoms with Crippen molar-refractivity contribution in [1.82, 2.24) is 10.2 Å². The van der Waals surface area contributed by atoms with Crippen LogP contribution in [0.1, 0.15) is 5.56 Å². The molecule has 1 heterocycles. The normalized spacial score (nSPS) is 14.9. The van der Waals surface area contributed by atoms with E-state index in [1.807, 2.05) is 16.8 Å². The highest BCUT2D eigenvalue weighted by Crippen LogP contribution is 2.23. The van der Waals surface area contributed by atoms with Gasteiger partial charge in [0.05, 0.1) is 11.5 Å². The van der Waals surface area contributed by atoms with Crippen molar-refractivity contribution in [3.63, 3.8) is 0 Å². The second-order valence-electron chi connectivity index (χ2n) is 5.21. The van der Waals surface area contributed by atoms with Crippen molar-refractivity contribution in [1.29, 1.82) is 0 Å². The van der Waals surface area contributed by atoms with Gasteiger partial charge in [-0.25, -0.2) is 0 Å². The molecule has 0 bridgehead atoms. The van der Waals surface area contributed by atoms with Crippen LogP contribution in [0.15, 0.2) is 18.2 Å².